The molecule has 0 aliphatic heterocycles. The number of fused-ring (bicyclic) bond motifs is 3. The summed E-state index contributed by atoms with van der Waals surface area (Å²) in [6.45, 7) is 2.01. The maximum Gasteiger partial charge on any atom is 0.229 e. The molecule has 32 heavy (non-hydrogen) atoms. The van der Waals surface area contributed by atoms with Crippen LogP contribution < -0.4 is 10.1 Å². The summed E-state index contributed by atoms with van der Waals surface area (Å²) in [5.41, 5.74) is 2.81. The predicted octanol–water partition coefficient (Wildman–Crippen LogP) is 4.17. The maximum absolute atomic E-state index is 13.3. The van der Waals surface area contributed by atoms with Crippen molar-refractivity contribution in [1.29, 1.82) is 0 Å². The highest BCUT2D eigenvalue weighted by Gasteiger charge is 2.27. The summed E-state index contributed by atoms with van der Waals surface area (Å²) >= 11 is 0. The fraction of sp³-hybridized carbons (Fsp3) is 0.0870. The Balaban J connectivity index is 1.70. The second-order valence-corrected chi connectivity index (χ2v) is 9.14. The van der Waals surface area contributed by atoms with Crippen LogP contribution >= 0.6 is 0 Å². The van der Waals surface area contributed by atoms with E-state index in [0.29, 0.717) is 17.1 Å². The molecule has 5 rings (SSSR count). The summed E-state index contributed by atoms with van der Waals surface area (Å²) in [4.78, 5) is 4.72. The number of nitrogens with one attached hydrogen (secondary N) is 1. The molecule has 5 aromatic rings. The minimum atomic E-state index is -3.95. The maximum atomic E-state index is 13.3. The van der Waals surface area contributed by atoms with Gasteiger partial charge in [-0.05, 0) is 55.5 Å². The smallest absolute Gasteiger partial charge is 0.229 e. The molecule has 0 radical (unpaired) electrons. The number of sulfone groups is 1. The summed E-state index contributed by atoms with van der Waals surface area (Å²) < 4.78 is 33.2. The highest BCUT2D eigenvalue weighted by Crippen LogP contribution is 2.30. The minimum absolute atomic E-state index is 0.0868. The average molecular weight is 446 g/mol. The van der Waals surface area contributed by atoms with E-state index in [-0.39, 0.29) is 15.6 Å². The second-order valence-electron chi connectivity index (χ2n) is 7.28. The summed E-state index contributed by atoms with van der Waals surface area (Å²) in [6, 6.07) is 21.5. The van der Waals surface area contributed by atoms with Crippen molar-refractivity contribution in [2.24, 2.45) is 0 Å². The molecule has 0 amide bonds. The van der Waals surface area contributed by atoms with Gasteiger partial charge in [0.2, 0.25) is 14.9 Å². The molecule has 2 heterocycles. The lowest BCUT2D eigenvalue weighted by Crippen LogP contribution is -2.05. The highest BCUT2D eigenvalue weighted by molar-refractivity contribution is 7.91. The molecule has 0 aliphatic rings. The number of para-hydroxylation sites is 1. The molecule has 160 valence electrons. The van der Waals surface area contributed by atoms with Gasteiger partial charge in [-0.25, -0.2) is 13.4 Å². The molecule has 0 saturated carbocycles. The van der Waals surface area contributed by atoms with Crippen LogP contribution in [-0.2, 0) is 9.84 Å². The number of hydrogen-bond donors (Lipinski definition) is 1. The lowest BCUT2D eigenvalue weighted by Gasteiger charge is -2.11. The second kappa shape index (κ2) is 7.61. The van der Waals surface area contributed by atoms with Crippen molar-refractivity contribution >= 4 is 37.9 Å². The molecule has 3 aromatic carbocycles. The van der Waals surface area contributed by atoms with Crippen LogP contribution in [0.1, 0.15) is 5.56 Å². The number of anilines is 2. The number of ether oxygens (including phenoxy) is 1. The Hall–Kier alpha value is -3.98. The summed E-state index contributed by atoms with van der Waals surface area (Å²) in [5, 5.41) is 12.0. The average Bonchev–Trinajstić information content (AvgIpc) is 3.26. The topological polar surface area (TPSA) is 98.5 Å². The zero-order valence-corrected chi connectivity index (χ0v) is 18.2. The van der Waals surface area contributed by atoms with E-state index in [2.05, 4.69) is 20.6 Å². The molecule has 0 unspecified atom stereocenters. The van der Waals surface area contributed by atoms with Gasteiger partial charge in [-0.3, -0.25) is 0 Å². The fourth-order valence-corrected chi connectivity index (χ4v) is 4.69. The third kappa shape index (κ3) is 3.32. The quantitative estimate of drug-likeness (QED) is 0.433. The van der Waals surface area contributed by atoms with Crippen LogP contribution in [0.5, 0.6) is 5.75 Å². The van der Waals surface area contributed by atoms with Gasteiger partial charge in [-0.15, -0.1) is 5.10 Å². The number of benzene rings is 3. The number of aryl methyl sites for hydroxylation is 1. The molecular formula is C23H19N5O3S. The molecule has 0 bridgehead atoms. The zero-order valence-electron chi connectivity index (χ0n) is 17.4. The Morgan fingerprint density at radius 1 is 0.938 bits per heavy atom. The highest BCUT2D eigenvalue weighted by atomic mass is 32.2. The van der Waals surface area contributed by atoms with Crippen LogP contribution in [0.15, 0.2) is 82.7 Å². The van der Waals surface area contributed by atoms with Crippen molar-refractivity contribution in [3.05, 3.63) is 78.4 Å². The Bertz CT molecular complexity index is 1540. The van der Waals surface area contributed by atoms with Crippen molar-refractivity contribution in [2.75, 3.05) is 12.4 Å². The van der Waals surface area contributed by atoms with Gasteiger partial charge in [-0.1, -0.05) is 35.0 Å². The molecule has 8 nitrogen and oxygen atoms in total. The van der Waals surface area contributed by atoms with Gasteiger partial charge in [-0.2, -0.15) is 4.52 Å². The predicted molar refractivity (Wildman–Crippen MR) is 121 cm³/mol. The Morgan fingerprint density at radius 3 is 2.38 bits per heavy atom. The van der Waals surface area contributed by atoms with E-state index in [1.54, 1.807) is 12.1 Å². The monoisotopic (exact) mass is 445 g/mol. The minimum Gasteiger partial charge on any atom is -0.497 e. The number of aromatic nitrogens is 4. The van der Waals surface area contributed by atoms with Crippen LogP contribution in [0, 0.1) is 6.92 Å². The van der Waals surface area contributed by atoms with E-state index in [4.69, 9.17) is 4.74 Å². The summed E-state index contributed by atoms with van der Waals surface area (Å²) in [6.07, 6.45) is 0. The third-order valence-corrected chi connectivity index (χ3v) is 6.83. The molecule has 9 heteroatoms. The standard InChI is InChI=1S/C23H19N5O3S/c1-15-7-9-16(10-8-15)24-21-19-5-3-4-6-20(19)28-22(25-21)23(26-27-28)32(29,30)18-13-11-17(31-2)12-14-18/h3-14H,1-2H3,(H,24,25). The SMILES string of the molecule is COc1ccc(S(=O)(=O)c2nnn3c2nc(Nc2ccc(C)cc2)c2ccccc23)cc1. The van der Waals surface area contributed by atoms with E-state index >= 15 is 0 Å². The van der Waals surface area contributed by atoms with Gasteiger partial charge in [0.25, 0.3) is 0 Å². The molecule has 0 atom stereocenters. The number of hydrogen-bond acceptors (Lipinski definition) is 7. The van der Waals surface area contributed by atoms with E-state index in [1.807, 2.05) is 55.5 Å². The van der Waals surface area contributed by atoms with Crippen molar-refractivity contribution in [1.82, 2.24) is 19.8 Å². The molecule has 2 aromatic heterocycles. The normalized spacial score (nSPS) is 11.7. The van der Waals surface area contributed by atoms with Crippen molar-refractivity contribution < 1.29 is 13.2 Å². The number of nitrogens with zero attached hydrogens (tertiary/aromatic N) is 4. The van der Waals surface area contributed by atoms with E-state index in [9.17, 15) is 8.42 Å². The van der Waals surface area contributed by atoms with Crippen LogP contribution in [-0.4, -0.2) is 35.3 Å². The van der Waals surface area contributed by atoms with Gasteiger partial charge in [0.05, 0.1) is 17.5 Å². The lowest BCUT2D eigenvalue weighted by atomic mass is 10.2. The molecule has 0 spiro atoms. The van der Waals surface area contributed by atoms with Crippen LogP contribution in [0.25, 0.3) is 16.6 Å². The van der Waals surface area contributed by atoms with Crippen molar-refractivity contribution in [2.45, 2.75) is 16.8 Å². The zero-order chi connectivity index (χ0) is 22.3. The number of rotatable bonds is 5. The van der Waals surface area contributed by atoms with Crippen LogP contribution in [0.2, 0.25) is 0 Å². The largest absolute Gasteiger partial charge is 0.497 e. The van der Waals surface area contributed by atoms with Crippen molar-refractivity contribution in [3.63, 3.8) is 0 Å². The summed E-state index contributed by atoms with van der Waals surface area (Å²) in [5.74, 6) is 1.08. The van der Waals surface area contributed by atoms with Gasteiger partial charge in [0.15, 0.2) is 5.65 Å². The van der Waals surface area contributed by atoms with Gasteiger partial charge >= 0.3 is 0 Å². The molecule has 0 saturated heterocycles. The molecule has 0 aliphatic carbocycles. The first-order valence-corrected chi connectivity index (χ1v) is 11.3. The Labute approximate surface area is 184 Å². The molecule has 0 fully saturated rings. The number of methoxy groups -OCH3 is 1. The van der Waals surface area contributed by atoms with E-state index in [0.717, 1.165) is 16.6 Å². The van der Waals surface area contributed by atoms with Crippen molar-refractivity contribution in [3.8, 4) is 5.75 Å². The summed E-state index contributed by atoms with van der Waals surface area (Å²) in [7, 11) is -2.43. The van der Waals surface area contributed by atoms with Gasteiger partial charge in [0, 0.05) is 11.1 Å². The fourth-order valence-electron chi connectivity index (χ4n) is 3.45. The first kappa shape index (κ1) is 20.0. The first-order valence-electron chi connectivity index (χ1n) is 9.84. The van der Waals surface area contributed by atoms with Gasteiger partial charge < -0.3 is 10.1 Å². The van der Waals surface area contributed by atoms with Crippen LogP contribution in [0.4, 0.5) is 11.5 Å². The van der Waals surface area contributed by atoms with E-state index < -0.39 is 9.84 Å². The Kier molecular flexibility index (Phi) is 4.75. The molecular weight excluding hydrogens is 426 g/mol. The Morgan fingerprint density at radius 2 is 1.66 bits per heavy atom. The third-order valence-electron chi connectivity index (χ3n) is 5.16. The molecule has 1 N–H and O–H groups in total. The van der Waals surface area contributed by atoms with E-state index in [1.165, 1.54) is 23.8 Å². The van der Waals surface area contributed by atoms with Crippen LogP contribution in [0.3, 0.4) is 0 Å². The first-order chi connectivity index (χ1) is 15.5. The van der Waals surface area contributed by atoms with Gasteiger partial charge in [0.1, 0.15) is 11.6 Å². The lowest BCUT2D eigenvalue weighted by molar-refractivity contribution is 0.414.